The van der Waals surface area contributed by atoms with Crippen molar-refractivity contribution in [3.05, 3.63) is 70.5 Å². The molecule has 23 heavy (non-hydrogen) atoms. The molecule has 0 spiro atoms. The Labute approximate surface area is 133 Å². The summed E-state index contributed by atoms with van der Waals surface area (Å²) in [5, 5.41) is 15.4. The van der Waals surface area contributed by atoms with Crippen LogP contribution in [-0.4, -0.2) is 15.4 Å². The van der Waals surface area contributed by atoms with Crippen molar-refractivity contribution in [2.75, 3.05) is 5.43 Å². The average molecular weight is 307 g/mol. The fourth-order valence-electron chi connectivity index (χ4n) is 2.52. The molecule has 0 saturated heterocycles. The Balaban J connectivity index is 2.10. The van der Waals surface area contributed by atoms with Crippen LogP contribution in [0, 0.1) is 0 Å². The second kappa shape index (κ2) is 5.96. The molecule has 0 atom stereocenters. The fraction of sp³-hybridized carbons (Fsp3) is 0.111. The molecule has 0 aliphatic rings. The van der Waals surface area contributed by atoms with E-state index in [4.69, 9.17) is 0 Å². The monoisotopic (exact) mass is 307 g/mol. The molecule has 0 saturated carbocycles. The first kappa shape index (κ1) is 14.8. The molecule has 3 aromatic rings. The Bertz CT molecular complexity index is 944. The molecule has 0 radical (unpaired) electrons. The smallest absolute Gasteiger partial charge is 0.263 e. The van der Waals surface area contributed by atoms with E-state index in [2.05, 4.69) is 10.5 Å². The number of anilines is 1. The highest BCUT2D eigenvalue weighted by molar-refractivity contribution is 6.05. The van der Waals surface area contributed by atoms with Crippen LogP contribution in [-0.2, 0) is 7.05 Å². The Kier molecular flexibility index (Phi) is 3.85. The number of nitrogens with zero attached hydrogens (tertiary/aromatic N) is 2. The van der Waals surface area contributed by atoms with Crippen LogP contribution in [0.15, 0.2) is 64.5 Å². The summed E-state index contributed by atoms with van der Waals surface area (Å²) in [6, 6.07) is 16.7. The lowest BCUT2D eigenvalue weighted by molar-refractivity contribution is 0.478. The predicted octanol–water partition coefficient (Wildman–Crippen LogP) is 3.08. The molecular formula is C18H17N3O2. The summed E-state index contributed by atoms with van der Waals surface area (Å²) >= 11 is 0. The van der Waals surface area contributed by atoms with Gasteiger partial charge in [-0.15, -0.1) is 0 Å². The van der Waals surface area contributed by atoms with E-state index in [1.165, 1.54) is 4.57 Å². The Morgan fingerprint density at radius 1 is 1.09 bits per heavy atom. The predicted molar refractivity (Wildman–Crippen MR) is 93.1 cm³/mol. The first-order chi connectivity index (χ1) is 11.1. The minimum atomic E-state index is -0.280. The van der Waals surface area contributed by atoms with Crippen LogP contribution >= 0.6 is 0 Å². The van der Waals surface area contributed by atoms with Crippen LogP contribution in [0.1, 0.15) is 12.5 Å². The third-order valence-electron chi connectivity index (χ3n) is 3.76. The van der Waals surface area contributed by atoms with Crippen LogP contribution in [0.2, 0.25) is 0 Å². The van der Waals surface area contributed by atoms with Crippen LogP contribution < -0.4 is 11.0 Å². The van der Waals surface area contributed by atoms with E-state index >= 15 is 0 Å². The van der Waals surface area contributed by atoms with E-state index < -0.39 is 0 Å². The highest BCUT2D eigenvalue weighted by Crippen LogP contribution is 2.26. The van der Waals surface area contributed by atoms with E-state index in [-0.39, 0.29) is 16.9 Å². The number of pyridine rings is 1. The van der Waals surface area contributed by atoms with Gasteiger partial charge in [0.05, 0.1) is 16.9 Å². The third-order valence-corrected chi connectivity index (χ3v) is 3.76. The molecule has 2 N–H and O–H groups in total. The number of hydrazone groups is 1. The van der Waals surface area contributed by atoms with Gasteiger partial charge in [-0.1, -0.05) is 30.3 Å². The first-order valence-corrected chi connectivity index (χ1v) is 7.26. The van der Waals surface area contributed by atoms with Crippen LogP contribution in [0.3, 0.4) is 0 Å². The lowest BCUT2D eigenvalue weighted by Gasteiger charge is -2.11. The molecule has 1 heterocycles. The number of rotatable bonds is 3. The zero-order valence-corrected chi connectivity index (χ0v) is 12.9. The molecule has 5 heteroatoms. The van der Waals surface area contributed by atoms with Gasteiger partial charge in [0, 0.05) is 12.4 Å². The van der Waals surface area contributed by atoms with Gasteiger partial charge in [0.1, 0.15) is 11.3 Å². The van der Waals surface area contributed by atoms with Crippen molar-refractivity contribution < 1.29 is 5.11 Å². The number of benzene rings is 2. The molecule has 3 rings (SSSR count). The van der Waals surface area contributed by atoms with Crippen LogP contribution in [0.25, 0.3) is 10.9 Å². The summed E-state index contributed by atoms with van der Waals surface area (Å²) in [5.74, 6) is -0.0418. The van der Waals surface area contributed by atoms with Gasteiger partial charge in [0.2, 0.25) is 0 Å². The van der Waals surface area contributed by atoms with Crippen LogP contribution in [0.5, 0.6) is 5.75 Å². The Morgan fingerprint density at radius 3 is 2.48 bits per heavy atom. The zero-order chi connectivity index (χ0) is 16.4. The average Bonchev–Trinajstić information content (AvgIpc) is 2.59. The van der Waals surface area contributed by atoms with E-state index in [1.807, 2.05) is 42.5 Å². The second-order valence-electron chi connectivity index (χ2n) is 5.28. The number of aromatic nitrogens is 1. The van der Waals surface area contributed by atoms with Gasteiger partial charge in [-0.2, -0.15) is 5.10 Å². The maximum Gasteiger partial charge on any atom is 0.263 e. The van der Waals surface area contributed by atoms with E-state index in [9.17, 15) is 9.90 Å². The van der Waals surface area contributed by atoms with Crippen molar-refractivity contribution >= 4 is 22.3 Å². The third kappa shape index (κ3) is 2.68. The number of nitrogens with one attached hydrogen (secondary N) is 1. The minimum Gasteiger partial charge on any atom is -0.506 e. The highest BCUT2D eigenvalue weighted by Gasteiger charge is 2.16. The van der Waals surface area contributed by atoms with E-state index in [0.717, 1.165) is 5.69 Å². The molecule has 0 aliphatic heterocycles. The number of fused-ring (bicyclic) bond motifs is 1. The molecule has 116 valence electrons. The summed E-state index contributed by atoms with van der Waals surface area (Å²) < 4.78 is 1.52. The summed E-state index contributed by atoms with van der Waals surface area (Å²) in [5.41, 5.74) is 4.74. The molecule has 5 nitrogen and oxygen atoms in total. The van der Waals surface area contributed by atoms with Crippen molar-refractivity contribution in [1.29, 1.82) is 0 Å². The second-order valence-corrected chi connectivity index (χ2v) is 5.28. The minimum absolute atomic E-state index is 0.0418. The molecule has 0 fully saturated rings. The van der Waals surface area contributed by atoms with Gasteiger partial charge in [-0.3, -0.25) is 10.2 Å². The number of aryl methyl sites for hydroxylation is 1. The molecule has 0 bridgehead atoms. The molecule has 0 unspecified atom stereocenters. The number of aromatic hydroxyl groups is 1. The number of hydrogen-bond acceptors (Lipinski definition) is 4. The standard InChI is InChI=1S/C18H17N3O2/c1-12(19-20-13-8-4-3-5-9-13)16-17(22)14-10-6-7-11-15(14)21(2)18(16)23/h3-11,20,22H,1-2H3/b19-12+. The SMILES string of the molecule is C/C(=N\Nc1ccccc1)c1c(O)c2ccccc2n(C)c1=O. The highest BCUT2D eigenvalue weighted by atomic mass is 16.3. The van der Waals surface area contributed by atoms with Crippen molar-refractivity contribution in [2.24, 2.45) is 12.1 Å². The summed E-state index contributed by atoms with van der Waals surface area (Å²) in [6.45, 7) is 1.70. The maximum atomic E-state index is 12.6. The van der Waals surface area contributed by atoms with Crippen LogP contribution in [0.4, 0.5) is 5.69 Å². The topological polar surface area (TPSA) is 66.6 Å². The van der Waals surface area contributed by atoms with Crippen molar-refractivity contribution in [2.45, 2.75) is 6.92 Å². The molecular weight excluding hydrogens is 290 g/mol. The first-order valence-electron chi connectivity index (χ1n) is 7.26. The van der Waals surface area contributed by atoms with Crippen molar-refractivity contribution in [1.82, 2.24) is 4.57 Å². The van der Waals surface area contributed by atoms with Gasteiger partial charge in [0.15, 0.2) is 0 Å². The van der Waals surface area contributed by atoms with Crippen molar-refractivity contribution in [3.8, 4) is 5.75 Å². The summed E-state index contributed by atoms with van der Waals surface area (Å²) in [4.78, 5) is 12.6. The Hall–Kier alpha value is -3.08. The zero-order valence-electron chi connectivity index (χ0n) is 12.9. The van der Waals surface area contributed by atoms with E-state index in [1.54, 1.807) is 26.1 Å². The molecule has 0 amide bonds. The number of para-hydroxylation sites is 2. The molecule has 0 aliphatic carbocycles. The molecule has 1 aromatic heterocycles. The van der Waals surface area contributed by atoms with Gasteiger partial charge in [0.25, 0.3) is 5.56 Å². The quantitative estimate of drug-likeness (QED) is 0.577. The normalized spacial score (nSPS) is 11.7. The maximum absolute atomic E-state index is 12.6. The number of hydrogen-bond donors (Lipinski definition) is 2. The van der Waals surface area contributed by atoms with Gasteiger partial charge in [-0.05, 0) is 31.2 Å². The van der Waals surface area contributed by atoms with Crippen molar-refractivity contribution in [3.63, 3.8) is 0 Å². The summed E-state index contributed by atoms with van der Waals surface area (Å²) in [6.07, 6.45) is 0. The van der Waals surface area contributed by atoms with E-state index in [0.29, 0.717) is 16.6 Å². The van der Waals surface area contributed by atoms with Gasteiger partial charge in [-0.25, -0.2) is 0 Å². The summed E-state index contributed by atoms with van der Waals surface area (Å²) in [7, 11) is 1.69. The van der Waals surface area contributed by atoms with Gasteiger partial charge >= 0.3 is 0 Å². The lowest BCUT2D eigenvalue weighted by atomic mass is 10.1. The largest absolute Gasteiger partial charge is 0.506 e. The Morgan fingerprint density at radius 2 is 1.74 bits per heavy atom. The molecule has 2 aromatic carbocycles. The van der Waals surface area contributed by atoms with Gasteiger partial charge < -0.3 is 9.67 Å². The lowest BCUT2D eigenvalue weighted by Crippen LogP contribution is -2.24. The fourth-order valence-corrected chi connectivity index (χ4v) is 2.52.